The van der Waals surface area contributed by atoms with Crippen LogP contribution in [0, 0.1) is 0 Å². The van der Waals surface area contributed by atoms with Gasteiger partial charge in [0, 0.05) is 25.6 Å². The highest BCUT2D eigenvalue weighted by molar-refractivity contribution is 7.10. The molecule has 2 unspecified atom stereocenters. The number of carboxylic acid groups (broad SMARTS) is 1. The van der Waals surface area contributed by atoms with Crippen molar-refractivity contribution < 1.29 is 24.2 Å². The van der Waals surface area contributed by atoms with Gasteiger partial charge in [-0.25, -0.2) is 9.59 Å². The Bertz CT molecular complexity index is 423. The van der Waals surface area contributed by atoms with Gasteiger partial charge in [-0.3, -0.25) is 0 Å². The third-order valence-corrected chi connectivity index (χ3v) is 3.46. The summed E-state index contributed by atoms with van der Waals surface area (Å²) in [6, 6.07) is 1.77. The summed E-state index contributed by atoms with van der Waals surface area (Å²) in [5.74, 6) is -1.11. The Morgan fingerprint density at radius 2 is 2.20 bits per heavy atom. The maximum absolute atomic E-state index is 11.7. The van der Waals surface area contributed by atoms with Gasteiger partial charge in [-0.1, -0.05) is 6.07 Å². The number of hydrogen-bond acceptors (Lipinski definition) is 5. The average molecular weight is 302 g/mol. The number of amides is 2. The Hall–Kier alpha value is -1.64. The van der Waals surface area contributed by atoms with Gasteiger partial charge in [0.15, 0.2) is 6.04 Å². The predicted molar refractivity (Wildman–Crippen MR) is 73.9 cm³/mol. The number of rotatable bonds is 8. The summed E-state index contributed by atoms with van der Waals surface area (Å²) in [6.07, 6.45) is -0.282. The van der Waals surface area contributed by atoms with Crippen LogP contribution in [-0.4, -0.2) is 50.6 Å². The maximum atomic E-state index is 11.7. The Morgan fingerprint density at radius 3 is 2.70 bits per heavy atom. The Balaban J connectivity index is 2.49. The molecule has 0 saturated carbocycles. The second-order valence-corrected chi connectivity index (χ2v) is 4.93. The van der Waals surface area contributed by atoms with Gasteiger partial charge >= 0.3 is 12.0 Å². The molecule has 2 amide bonds. The van der Waals surface area contributed by atoms with E-state index < -0.39 is 18.0 Å². The zero-order valence-electron chi connectivity index (χ0n) is 11.3. The molecule has 0 spiro atoms. The summed E-state index contributed by atoms with van der Waals surface area (Å²) < 4.78 is 10.0. The van der Waals surface area contributed by atoms with Crippen molar-refractivity contribution in [3.05, 3.63) is 22.4 Å². The topological polar surface area (TPSA) is 96.9 Å². The van der Waals surface area contributed by atoms with Gasteiger partial charge in [0.05, 0.1) is 12.7 Å². The minimum atomic E-state index is -1.11. The molecular formula is C12H18N2O5S. The second kappa shape index (κ2) is 8.51. The molecule has 0 aliphatic carbocycles. The first-order chi connectivity index (χ1) is 9.58. The zero-order chi connectivity index (χ0) is 15.0. The summed E-state index contributed by atoms with van der Waals surface area (Å²) in [6.45, 7) is 0.566. The molecule has 0 aliphatic rings. The third kappa shape index (κ3) is 5.16. The highest BCUT2D eigenvalue weighted by Crippen LogP contribution is 2.18. The van der Waals surface area contributed by atoms with E-state index in [4.69, 9.17) is 14.6 Å². The number of hydrogen-bond donors (Lipinski definition) is 3. The molecule has 7 nitrogen and oxygen atoms in total. The molecule has 1 heterocycles. The summed E-state index contributed by atoms with van der Waals surface area (Å²) in [5, 5.41) is 15.8. The van der Waals surface area contributed by atoms with Gasteiger partial charge < -0.3 is 25.2 Å². The molecule has 20 heavy (non-hydrogen) atoms. The van der Waals surface area contributed by atoms with E-state index in [0.29, 0.717) is 11.5 Å². The van der Waals surface area contributed by atoms with Crippen molar-refractivity contribution in [3.8, 4) is 0 Å². The van der Waals surface area contributed by atoms with E-state index in [-0.39, 0.29) is 12.6 Å². The van der Waals surface area contributed by atoms with Crippen molar-refractivity contribution in [1.29, 1.82) is 0 Å². The van der Waals surface area contributed by atoms with E-state index in [1.54, 1.807) is 17.5 Å². The fourth-order valence-electron chi connectivity index (χ4n) is 1.49. The van der Waals surface area contributed by atoms with Gasteiger partial charge in [-0.15, -0.1) is 11.3 Å². The number of ether oxygens (including phenoxy) is 2. The van der Waals surface area contributed by atoms with Crippen molar-refractivity contribution >= 4 is 23.3 Å². The first kappa shape index (κ1) is 16.4. The first-order valence-corrected chi connectivity index (χ1v) is 6.78. The molecule has 8 heteroatoms. The number of carbonyl (C=O) groups is 2. The first-order valence-electron chi connectivity index (χ1n) is 5.90. The smallest absolute Gasteiger partial charge is 0.331 e. The van der Waals surface area contributed by atoms with Crippen molar-refractivity contribution in [1.82, 2.24) is 10.6 Å². The number of nitrogens with one attached hydrogen (secondary N) is 2. The molecule has 3 N–H and O–H groups in total. The molecule has 112 valence electrons. The van der Waals surface area contributed by atoms with Gasteiger partial charge in [-0.2, -0.15) is 0 Å². The van der Waals surface area contributed by atoms with E-state index in [9.17, 15) is 9.59 Å². The van der Waals surface area contributed by atoms with Crippen LogP contribution in [0.1, 0.15) is 10.9 Å². The number of aliphatic carboxylic acids is 1. The van der Waals surface area contributed by atoms with Crippen molar-refractivity contribution in [3.63, 3.8) is 0 Å². The van der Waals surface area contributed by atoms with Crippen molar-refractivity contribution in [2.75, 3.05) is 27.4 Å². The third-order valence-electron chi connectivity index (χ3n) is 2.53. The van der Waals surface area contributed by atoms with E-state index in [1.807, 2.05) is 0 Å². The average Bonchev–Trinajstić information content (AvgIpc) is 2.94. The number of thiophene rings is 1. The van der Waals surface area contributed by atoms with Crippen LogP contribution in [0.2, 0.25) is 0 Å². The van der Waals surface area contributed by atoms with E-state index in [1.165, 1.54) is 25.6 Å². The van der Waals surface area contributed by atoms with Crippen molar-refractivity contribution in [2.45, 2.75) is 12.1 Å². The Morgan fingerprint density at radius 1 is 1.45 bits per heavy atom. The molecular weight excluding hydrogens is 284 g/mol. The minimum Gasteiger partial charge on any atom is -0.479 e. The predicted octanol–water partition coefficient (Wildman–Crippen LogP) is 0.834. The molecule has 0 fully saturated rings. The lowest BCUT2D eigenvalue weighted by Crippen LogP contribution is -2.44. The lowest BCUT2D eigenvalue weighted by Gasteiger charge is -2.17. The maximum Gasteiger partial charge on any atom is 0.331 e. The van der Waals surface area contributed by atoms with Gasteiger partial charge in [0.1, 0.15) is 0 Å². The molecule has 1 aromatic heterocycles. The van der Waals surface area contributed by atoms with Gasteiger partial charge in [0.2, 0.25) is 0 Å². The summed E-state index contributed by atoms with van der Waals surface area (Å²) in [7, 11) is 3.04. The van der Waals surface area contributed by atoms with Crippen LogP contribution in [0.3, 0.4) is 0 Å². The normalized spacial score (nSPS) is 13.5. The number of carbonyl (C=O) groups excluding carboxylic acids is 1. The Labute approximate surface area is 120 Å². The molecule has 0 aromatic carbocycles. The molecule has 0 radical (unpaired) electrons. The molecule has 0 bridgehead atoms. The number of carboxylic acids is 1. The van der Waals surface area contributed by atoms with Crippen LogP contribution in [0.4, 0.5) is 4.79 Å². The van der Waals surface area contributed by atoms with E-state index in [0.717, 1.165) is 0 Å². The monoisotopic (exact) mass is 302 g/mol. The fourth-order valence-corrected chi connectivity index (χ4v) is 2.26. The Kier molecular flexibility index (Phi) is 6.99. The molecule has 2 atom stereocenters. The highest BCUT2D eigenvalue weighted by atomic mass is 32.1. The van der Waals surface area contributed by atoms with E-state index >= 15 is 0 Å². The van der Waals surface area contributed by atoms with Crippen LogP contribution in [0.5, 0.6) is 0 Å². The lowest BCUT2D eigenvalue weighted by molar-refractivity contribution is -0.139. The van der Waals surface area contributed by atoms with E-state index in [2.05, 4.69) is 10.6 Å². The molecule has 0 aliphatic heterocycles. The van der Waals surface area contributed by atoms with Crippen LogP contribution in [0.25, 0.3) is 0 Å². The molecule has 1 rings (SSSR count). The van der Waals surface area contributed by atoms with Gasteiger partial charge in [-0.05, 0) is 11.4 Å². The fraction of sp³-hybridized carbons (Fsp3) is 0.500. The number of urea groups is 1. The largest absolute Gasteiger partial charge is 0.479 e. The second-order valence-electron chi connectivity index (χ2n) is 3.95. The van der Waals surface area contributed by atoms with Crippen molar-refractivity contribution in [2.24, 2.45) is 0 Å². The standard InChI is InChI=1S/C12H18N2O5S/c1-18-7-8(19-2)6-13-12(17)14-10(11(15)16)9-4-3-5-20-9/h3-5,8,10H,6-7H2,1-2H3,(H,15,16)(H2,13,14,17). The minimum absolute atomic E-state index is 0.229. The summed E-state index contributed by atoms with van der Waals surface area (Å²) >= 11 is 1.27. The summed E-state index contributed by atoms with van der Waals surface area (Å²) in [5.41, 5.74) is 0. The van der Waals surface area contributed by atoms with Crippen LogP contribution in [-0.2, 0) is 14.3 Å². The molecule has 1 aromatic rings. The number of methoxy groups -OCH3 is 2. The van der Waals surface area contributed by atoms with Crippen LogP contribution in [0.15, 0.2) is 17.5 Å². The quantitative estimate of drug-likeness (QED) is 0.661. The highest BCUT2D eigenvalue weighted by Gasteiger charge is 2.23. The van der Waals surface area contributed by atoms with Gasteiger partial charge in [0.25, 0.3) is 0 Å². The molecule has 0 saturated heterocycles. The SMILES string of the molecule is COCC(CNC(=O)NC(C(=O)O)c1cccs1)OC. The van der Waals surface area contributed by atoms with Crippen LogP contribution < -0.4 is 10.6 Å². The zero-order valence-corrected chi connectivity index (χ0v) is 12.1. The summed E-state index contributed by atoms with van der Waals surface area (Å²) in [4.78, 5) is 23.4. The lowest BCUT2D eigenvalue weighted by atomic mass is 10.2. The van der Waals surface area contributed by atoms with Crippen LogP contribution >= 0.6 is 11.3 Å².